The van der Waals surface area contributed by atoms with E-state index in [1.807, 2.05) is 0 Å². The molecule has 1 nitrogen and oxygen atoms in total. The molecular formula is C18H36N+. The molecule has 2 fully saturated rings. The Hall–Kier alpha value is -0.0400. The normalized spacial score (nSPS) is 37.6. The quantitative estimate of drug-likeness (QED) is 0.557. The van der Waals surface area contributed by atoms with Gasteiger partial charge < -0.3 is 4.48 Å². The summed E-state index contributed by atoms with van der Waals surface area (Å²) in [6, 6.07) is 0. The second-order valence-electron chi connectivity index (χ2n) is 9.54. The molecule has 0 aromatic rings. The van der Waals surface area contributed by atoms with Crippen LogP contribution in [-0.4, -0.2) is 30.7 Å². The lowest BCUT2D eigenvalue weighted by Gasteiger charge is -2.36. The van der Waals surface area contributed by atoms with Crippen molar-refractivity contribution in [1.29, 1.82) is 0 Å². The minimum absolute atomic E-state index is 0.511. The van der Waals surface area contributed by atoms with Gasteiger partial charge in [-0.15, -0.1) is 0 Å². The van der Waals surface area contributed by atoms with Crippen molar-refractivity contribution in [1.82, 2.24) is 0 Å². The van der Waals surface area contributed by atoms with E-state index in [1.165, 1.54) is 56.3 Å². The van der Waals surface area contributed by atoms with E-state index in [9.17, 15) is 0 Å². The molecular weight excluding hydrogens is 230 g/mol. The van der Waals surface area contributed by atoms with Crippen molar-refractivity contribution in [2.45, 2.75) is 67.2 Å². The van der Waals surface area contributed by atoms with Crippen molar-refractivity contribution in [3.63, 3.8) is 0 Å². The third-order valence-electron chi connectivity index (χ3n) is 6.15. The maximum Gasteiger partial charge on any atom is 0.0822 e. The highest BCUT2D eigenvalue weighted by Crippen LogP contribution is 2.41. The van der Waals surface area contributed by atoms with E-state index in [0.29, 0.717) is 10.8 Å². The van der Waals surface area contributed by atoms with Gasteiger partial charge >= 0.3 is 0 Å². The van der Waals surface area contributed by atoms with E-state index >= 15 is 0 Å². The van der Waals surface area contributed by atoms with Crippen LogP contribution >= 0.6 is 0 Å². The molecule has 1 spiro atoms. The average molecular weight is 266 g/mol. The molecule has 0 radical (unpaired) electrons. The molecule has 0 aromatic carbocycles. The molecule has 2 rings (SSSR count). The molecule has 19 heavy (non-hydrogen) atoms. The Morgan fingerprint density at radius 3 is 1.68 bits per heavy atom. The lowest BCUT2D eigenvalue weighted by atomic mass is 9.77. The van der Waals surface area contributed by atoms with Gasteiger partial charge in [0, 0.05) is 12.3 Å². The lowest BCUT2D eigenvalue weighted by molar-refractivity contribution is -0.917. The molecule has 0 aliphatic carbocycles. The van der Waals surface area contributed by atoms with E-state index in [4.69, 9.17) is 0 Å². The van der Waals surface area contributed by atoms with Crippen LogP contribution in [0.25, 0.3) is 0 Å². The third kappa shape index (κ3) is 3.54. The Balaban J connectivity index is 2.00. The van der Waals surface area contributed by atoms with E-state index in [0.717, 1.165) is 11.8 Å². The first-order valence-electron chi connectivity index (χ1n) is 8.48. The van der Waals surface area contributed by atoms with Gasteiger partial charge in [0.1, 0.15) is 0 Å². The minimum atomic E-state index is 0.511. The van der Waals surface area contributed by atoms with Gasteiger partial charge in [-0.25, -0.2) is 0 Å². The lowest BCUT2D eigenvalue weighted by Crippen LogP contribution is -2.47. The fourth-order valence-corrected chi connectivity index (χ4v) is 4.42. The van der Waals surface area contributed by atoms with Gasteiger partial charge in [-0.05, 0) is 36.0 Å². The Morgan fingerprint density at radius 1 is 0.684 bits per heavy atom. The van der Waals surface area contributed by atoms with Crippen molar-refractivity contribution in [3.05, 3.63) is 0 Å². The van der Waals surface area contributed by atoms with Crippen molar-refractivity contribution in [2.75, 3.05) is 26.2 Å². The van der Waals surface area contributed by atoms with Crippen LogP contribution in [-0.2, 0) is 0 Å². The van der Waals surface area contributed by atoms with E-state index in [2.05, 4.69) is 41.5 Å². The van der Waals surface area contributed by atoms with Crippen LogP contribution in [0.4, 0.5) is 0 Å². The van der Waals surface area contributed by atoms with Crippen LogP contribution in [0.5, 0.6) is 0 Å². The molecule has 2 saturated heterocycles. The van der Waals surface area contributed by atoms with Gasteiger partial charge in [0.2, 0.25) is 0 Å². The number of rotatable bonds is 0. The van der Waals surface area contributed by atoms with E-state index in [1.54, 1.807) is 0 Å². The molecule has 2 aliphatic heterocycles. The molecule has 3 unspecified atom stereocenters. The maximum absolute atomic E-state index is 2.44. The van der Waals surface area contributed by atoms with Crippen molar-refractivity contribution in [3.8, 4) is 0 Å². The molecule has 2 heterocycles. The fraction of sp³-hybridized carbons (Fsp3) is 1.00. The summed E-state index contributed by atoms with van der Waals surface area (Å²) in [6.07, 6.45) is 5.84. The molecule has 0 aromatic heterocycles. The summed E-state index contributed by atoms with van der Waals surface area (Å²) >= 11 is 0. The molecule has 0 amide bonds. The van der Waals surface area contributed by atoms with Crippen molar-refractivity contribution < 1.29 is 4.48 Å². The number of quaternary nitrogens is 1. The number of nitrogens with zero attached hydrogens (tertiary/aromatic N) is 1. The van der Waals surface area contributed by atoms with Crippen LogP contribution in [0, 0.1) is 22.7 Å². The van der Waals surface area contributed by atoms with E-state index in [-0.39, 0.29) is 0 Å². The van der Waals surface area contributed by atoms with E-state index < -0.39 is 0 Å². The molecule has 2 aliphatic rings. The highest BCUT2D eigenvalue weighted by Gasteiger charge is 2.44. The van der Waals surface area contributed by atoms with Crippen LogP contribution in [0.15, 0.2) is 0 Å². The van der Waals surface area contributed by atoms with Crippen molar-refractivity contribution in [2.24, 2.45) is 22.7 Å². The molecule has 112 valence electrons. The molecule has 0 saturated carbocycles. The summed E-state index contributed by atoms with van der Waals surface area (Å²) < 4.78 is 1.45. The van der Waals surface area contributed by atoms with Crippen LogP contribution in [0.1, 0.15) is 67.2 Å². The molecule has 3 atom stereocenters. The zero-order chi connectivity index (χ0) is 14.3. The Labute approximate surface area is 121 Å². The monoisotopic (exact) mass is 266 g/mol. The number of hydrogen-bond donors (Lipinski definition) is 0. The first kappa shape index (κ1) is 15.4. The maximum atomic E-state index is 2.44. The summed E-state index contributed by atoms with van der Waals surface area (Å²) in [5.74, 6) is 1.89. The smallest absolute Gasteiger partial charge is 0.0822 e. The zero-order valence-corrected chi connectivity index (χ0v) is 14.3. The largest absolute Gasteiger partial charge is 0.323 e. The Kier molecular flexibility index (Phi) is 4.09. The van der Waals surface area contributed by atoms with Gasteiger partial charge in [0.25, 0.3) is 0 Å². The van der Waals surface area contributed by atoms with Crippen LogP contribution in [0.3, 0.4) is 0 Å². The van der Waals surface area contributed by atoms with Crippen LogP contribution in [0.2, 0.25) is 0 Å². The first-order valence-corrected chi connectivity index (χ1v) is 8.48. The van der Waals surface area contributed by atoms with Gasteiger partial charge in [-0.1, -0.05) is 41.5 Å². The molecule has 0 N–H and O–H groups in total. The zero-order valence-electron chi connectivity index (χ0n) is 14.3. The highest BCUT2D eigenvalue weighted by atomic mass is 15.4. The predicted octanol–water partition coefficient (Wildman–Crippen LogP) is 4.72. The minimum Gasteiger partial charge on any atom is -0.323 e. The predicted molar refractivity (Wildman–Crippen MR) is 84.1 cm³/mol. The van der Waals surface area contributed by atoms with Crippen LogP contribution < -0.4 is 0 Å². The third-order valence-corrected chi connectivity index (χ3v) is 6.15. The molecule has 0 bridgehead atoms. The average Bonchev–Trinajstić information content (AvgIpc) is 2.53. The van der Waals surface area contributed by atoms with Gasteiger partial charge in [-0.2, -0.15) is 0 Å². The standard InChI is InChI=1S/C18H36N/c1-17(2,3)15-8-7-11-19(12-9-15)13-10-16(14-19)18(4,5)6/h15-16H,7-14H2,1-6H3/q+1. The topological polar surface area (TPSA) is 0 Å². The highest BCUT2D eigenvalue weighted by molar-refractivity contribution is 4.81. The Bertz CT molecular complexity index is 293. The number of hydrogen-bond acceptors (Lipinski definition) is 0. The summed E-state index contributed by atoms with van der Waals surface area (Å²) in [6.45, 7) is 20.5. The van der Waals surface area contributed by atoms with Gasteiger partial charge in [0.05, 0.1) is 26.2 Å². The van der Waals surface area contributed by atoms with Gasteiger partial charge in [0.15, 0.2) is 0 Å². The SMILES string of the molecule is CC(C)(C)C1CCC[N+]2(CC1)CCC(C(C)(C)C)C2. The summed E-state index contributed by atoms with van der Waals surface area (Å²) in [4.78, 5) is 0. The first-order chi connectivity index (χ1) is 8.62. The summed E-state index contributed by atoms with van der Waals surface area (Å²) in [7, 11) is 0. The summed E-state index contributed by atoms with van der Waals surface area (Å²) in [5, 5.41) is 0. The molecule has 1 heteroatoms. The Morgan fingerprint density at radius 2 is 1.21 bits per heavy atom. The summed E-state index contributed by atoms with van der Waals surface area (Å²) in [5.41, 5.74) is 1.02. The van der Waals surface area contributed by atoms with Crippen molar-refractivity contribution >= 4 is 0 Å². The fourth-order valence-electron chi connectivity index (χ4n) is 4.42. The second-order valence-corrected chi connectivity index (χ2v) is 9.54. The van der Waals surface area contributed by atoms with Gasteiger partial charge in [-0.3, -0.25) is 0 Å². The second kappa shape index (κ2) is 5.06.